The number of aliphatic hydroxyl groups is 1. The second kappa shape index (κ2) is 9.78. The van der Waals surface area contributed by atoms with Gasteiger partial charge in [0.2, 0.25) is 0 Å². The van der Waals surface area contributed by atoms with Gasteiger partial charge in [-0.15, -0.1) is 0 Å². The fourth-order valence-electron chi connectivity index (χ4n) is 2.53. The van der Waals surface area contributed by atoms with Gasteiger partial charge in [-0.2, -0.15) is 0 Å². The Kier molecular flexibility index (Phi) is 7.42. The molecule has 0 saturated carbocycles. The Bertz CT molecular complexity index is 747. The summed E-state index contributed by atoms with van der Waals surface area (Å²) < 4.78 is 10.9. The van der Waals surface area contributed by atoms with Gasteiger partial charge in [-0.05, 0) is 49.4 Å². The van der Waals surface area contributed by atoms with Crippen LogP contribution in [0.4, 0.5) is 0 Å². The molecular weight excluding hydrogens is 328 g/mol. The second-order valence-corrected chi connectivity index (χ2v) is 6.29. The minimum atomic E-state index is -0.406. The Morgan fingerprint density at radius 1 is 1.12 bits per heavy atom. The van der Waals surface area contributed by atoms with Gasteiger partial charge in [0.05, 0.1) is 0 Å². The quantitative estimate of drug-likeness (QED) is 0.419. The third-order valence-electron chi connectivity index (χ3n) is 3.95. The molecule has 0 aliphatic rings. The second-order valence-electron chi connectivity index (χ2n) is 6.29. The summed E-state index contributed by atoms with van der Waals surface area (Å²) in [5.74, 6) is 0.357. The lowest BCUT2D eigenvalue weighted by Gasteiger charge is -2.13. The van der Waals surface area contributed by atoms with Gasteiger partial charge in [0.1, 0.15) is 19.0 Å². The van der Waals surface area contributed by atoms with E-state index in [0.717, 1.165) is 35.3 Å². The van der Waals surface area contributed by atoms with Crippen LogP contribution >= 0.6 is 0 Å². The molecular formula is C22H26O4. The minimum absolute atomic E-state index is 0.180. The van der Waals surface area contributed by atoms with E-state index in [-0.39, 0.29) is 19.8 Å². The normalized spacial score (nSPS) is 10.4. The van der Waals surface area contributed by atoms with Crippen molar-refractivity contribution in [2.75, 3.05) is 19.8 Å². The van der Waals surface area contributed by atoms with Crippen molar-refractivity contribution in [1.29, 1.82) is 0 Å². The molecule has 0 saturated heterocycles. The maximum atomic E-state index is 11.4. The minimum Gasteiger partial charge on any atom is -0.489 e. The highest BCUT2D eigenvalue weighted by molar-refractivity contribution is 5.86. The molecule has 0 unspecified atom stereocenters. The number of rotatable bonds is 9. The molecule has 4 heteroatoms. The molecule has 0 amide bonds. The Balaban J connectivity index is 2.07. The summed E-state index contributed by atoms with van der Waals surface area (Å²) in [6, 6.07) is 14.3. The summed E-state index contributed by atoms with van der Waals surface area (Å²) in [6.07, 6.45) is 1.63. The molecule has 2 rings (SSSR count). The van der Waals surface area contributed by atoms with Gasteiger partial charge in [-0.25, -0.2) is 4.79 Å². The standard InChI is InChI=1S/C22H26O4/c1-16(2)22(24)26-14-13-25-21-15-17(3)6-11-20(21)19-9-7-18(8-10-19)5-4-12-23/h6-11,15,23H,1,4-5,12-14H2,2-3H3. The number of ether oxygens (including phenoxy) is 2. The zero-order valence-electron chi connectivity index (χ0n) is 15.5. The van der Waals surface area contributed by atoms with Crippen LogP contribution in [0.2, 0.25) is 0 Å². The Hall–Kier alpha value is -2.59. The first-order chi connectivity index (χ1) is 12.5. The van der Waals surface area contributed by atoms with E-state index in [9.17, 15) is 4.79 Å². The molecule has 0 atom stereocenters. The number of carbonyl (C=O) groups is 1. The van der Waals surface area contributed by atoms with Gasteiger partial charge >= 0.3 is 5.97 Å². The molecule has 0 aliphatic heterocycles. The third kappa shape index (κ3) is 5.74. The lowest BCUT2D eigenvalue weighted by atomic mass is 10.0. The number of hydrogen-bond donors (Lipinski definition) is 1. The highest BCUT2D eigenvalue weighted by Crippen LogP contribution is 2.31. The van der Waals surface area contributed by atoms with Crippen LogP contribution in [-0.4, -0.2) is 30.9 Å². The van der Waals surface area contributed by atoms with Crippen LogP contribution in [0.1, 0.15) is 24.5 Å². The van der Waals surface area contributed by atoms with E-state index in [0.29, 0.717) is 5.57 Å². The zero-order chi connectivity index (χ0) is 18.9. The van der Waals surface area contributed by atoms with E-state index in [2.05, 4.69) is 30.8 Å². The van der Waals surface area contributed by atoms with Crippen LogP contribution in [0, 0.1) is 6.92 Å². The highest BCUT2D eigenvalue weighted by atomic mass is 16.6. The summed E-state index contributed by atoms with van der Waals surface area (Å²) in [5, 5.41) is 8.94. The van der Waals surface area contributed by atoms with Gasteiger partial charge in [-0.3, -0.25) is 0 Å². The maximum Gasteiger partial charge on any atom is 0.333 e. The molecule has 138 valence electrons. The number of benzene rings is 2. The summed E-state index contributed by atoms with van der Waals surface area (Å²) in [5.41, 5.74) is 4.73. The monoisotopic (exact) mass is 354 g/mol. The fourth-order valence-corrected chi connectivity index (χ4v) is 2.53. The molecule has 0 spiro atoms. The predicted octanol–water partition coefficient (Wildman–Crippen LogP) is 4.09. The molecule has 0 bridgehead atoms. The van der Waals surface area contributed by atoms with Crippen LogP contribution in [0.5, 0.6) is 5.75 Å². The number of esters is 1. The lowest BCUT2D eigenvalue weighted by molar-refractivity contribution is -0.139. The molecule has 1 N–H and O–H groups in total. The molecule has 2 aromatic carbocycles. The smallest absolute Gasteiger partial charge is 0.333 e. The average molecular weight is 354 g/mol. The fraction of sp³-hybridized carbons (Fsp3) is 0.318. The van der Waals surface area contributed by atoms with Crippen LogP contribution in [0.25, 0.3) is 11.1 Å². The predicted molar refractivity (Wildman–Crippen MR) is 103 cm³/mol. The number of aryl methyl sites for hydroxylation is 2. The van der Waals surface area contributed by atoms with Gasteiger partial charge in [0.25, 0.3) is 0 Å². The molecule has 0 aromatic heterocycles. The molecule has 0 fully saturated rings. The molecule has 0 aliphatic carbocycles. The van der Waals surface area contributed by atoms with Crippen molar-refractivity contribution in [1.82, 2.24) is 0 Å². The Morgan fingerprint density at radius 2 is 1.85 bits per heavy atom. The summed E-state index contributed by atoms with van der Waals surface area (Å²) >= 11 is 0. The first kappa shape index (κ1) is 19.7. The van der Waals surface area contributed by atoms with Crippen molar-refractivity contribution in [3.63, 3.8) is 0 Å². The van der Waals surface area contributed by atoms with Crippen LogP contribution in [0.15, 0.2) is 54.6 Å². The Labute approximate surface area is 155 Å². The van der Waals surface area contributed by atoms with Crippen molar-refractivity contribution in [2.45, 2.75) is 26.7 Å². The van der Waals surface area contributed by atoms with E-state index >= 15 is 0 Å². The molecule has 0 heterocycles. The summed E-state index contributed by atoms with van der Waals surface area (Å²) in [4.78, 5) is 11.4. The van der Waals surface area contributed by atoms with Crippen molar-refractivity contribution in [3.8, 4) is 16.9 Å². The first-order valence-electron chi connectivity index (χ1n) is 8.77. The van der Waals surface area contributed by atoms with E-state index < -0.39 is 5.97 Å². The maximum absolute atomic E-state index is 11.4. The van der Waals surface area contributed by atoms with Crippen molar-refractivity contribution >= 4 is 5.97 Å². The highest BCUT2D eigenvalue weighted by Gasteiger charge is 2.08. The third-order valence-corrected chi connectivity index (χ3v) is 3.95. The van der Waals surface area contributed by atoms with E-state index in [1.165, 1.54) is 5.56 Å². The van der Waals surface area contributed by atoms with Crippen molar-refractivity contribution in [3.05, 3.63) is 65.7 Å². The largest absolute Gasteiger partial charge is 0.489 e. The van der Waals surface area contributed by atoms with Gasteiger partial charge in [0.15, 0.2) is 0 Å². The first-order valence-corrected chi connectivity index (χ1v) is 8.77. The zero-order valence-corrected chi connectivity index (χ0v) is 15.5. The van der Waals surface area contributed by atoms with E-state index in [1.54, 1.807) is 6.92 Å². The van der Waals surface area contributed by atoms with E-state index in [4.69, 9.17) is 14.6 Å². The average Bonchev–Trinajstić information content (AvgIpc) is 2.64. The molecule has 2 aromatic rings. The summed E-state index contributed by atoms with van der Waals surface area (Å²) in [6.45, 7) is 7.84. The number of aliphatic hydroxyl groups excluding tert-OH is 1. The molecule has 0 radical (unpaired) electrons. The van der Waals surface area contributed by atoms with Crippen LogP contribution in [-0.2, 0) is 16.0 Å². The van der Waals surface area contributed by atoms with Crippen LogP contribution in [0.3, 0.4) is 0 Å². The topological polar surface area (TPSA) is 55.8 Å². The number of carbonyl (C=O) groups excluding carboxylic acids is 1. The molecule has 4 nitrogen and oxygen atoms in total. The van der Waals surface area contributed by atoms with Gasteiger partial charge in [-0.1, -0.05) is 43.0 Å². The van der Waals surface area contributed by atoms with Gasteiger partial charge < -0.3 is 14.6 Å². The van der Waals surface area contributed by atoms with Crippen molar-refractivity contribution < 1.29 is 19.4 Å². The van der Waals surface area contributed by atoms with E-state index in [1.807, 2.05) is 25.1 Å². The SMILES string of the molecule is C=C(C)C(=O)OCCOc1cc(C)ccc1-c1ccc(CCCO)cc1. The number of hydrogen-bond acceptors (Lipinski definition) is 4. The van der Waals surface area contributed by atoms with Crippen LogP contribution < -0.4 is 4.74 Å². The Morgan fingerprint density at radius 3 is 2.50 bits per heavy atom. The molecule has 26 heavy (non-hydrogen) atoms. The lowest BCUT2D eigenvalue weighted by Crippen LogP contribution is -2.12. The van der Waals surface area contributed by atoms with Crippen molar-refractivity contribution in [2.24, 2.45) is 0 Å². The van der Waals surface area contributed by atoms with Gasteiger partial charge in [0, 0.05) is 17.7 Å². The summed E-state index contributed by atoms with van der Waals surface area (Å²) in [7, 11) is 0.